The van der Waals surface area contributed by atoms with E-state index < -0.39 is 5.82 Å². The number of amides is 1. The molecule has 0 spiro atoms. The lowest BCUT2D eigenvalue weighted by Crippen LogP contribution is -2.18. The maximum atomic E-state index is 13.2. The number of nitrogens with one attached hydrogen (secondary N) is 2. The van der Waals surface area contributed by atoms with E-state index in [4.69, 9.17) is 5.84 Å². The Morgan fingerprint density at radius 2 is 1.85 bits per heavy atom. The summed E-state index contributed by atoms with van der Waals surface area (Å²) in [6.45, 7) is 3.68. The van der Waals surface area contributed by atoms with Crippen molar-refractivity contribution in [3.63, 3.8) is 0 Å². The monoisotopic (exact) mass is 273 g/mol. The first-order valence-corrected chi connectivity index (χ1v) is 6.16. The molecule has 0 fully saturated rings. The number of anilines is 2. The zero-order chi connectivity index (χ0) is 14.7. The molecule has 0 radical (unpaired) electrons. The van der Waals surface area contributed by atoms with Gasteiger partial charge in [0.25, 0.3) is 5.91 Å². The van der Waals surface area contributed by atoms with Gasteiger partial charge in [-0.15, -0.1) is 0 Å². The molecule has 2 aromatic carbocycles. The number of benzene rings is 2. The van der Waals surface area contributed by atoms with Gasteiger partial charge in [0.05, 0.1) is 11.3 Å². The molecule has 4 nitrogen and oxygen atoms in total. The Morgan fingerprint density at radius 3 is 2.55 bits per heavy atom. The molecule has 0 unspecified atom stereocenters. The van der Waals surface area contributed by atoms with Gasteiger partial charge >= 0.3 is 0 Å². The van der Waals surface area contributed by atoms with Gasteiger partial charge < -0.3 is 10.7 Å². The smallest absolute Gasteiger partial charge is 0.257 e. The van der Waals surface area contributed by atoms with Crippen molar-refractivity contribution in [1.82, 2.24) is 0 Å². The van der Waals surface area contributed by atoms with Crippen LogP contribution < -0.4 is 16.6 Å². The predicted octanol–water partition coefficient (Wildman–Crippen LogP) is 2.98. The largest absolute Gasteiger partial charge is 0.323 e. The van der Waals surface area contributed by atoms with Gasteiger partial charge in [-0.2, -0.15) is 0 Å². The summed E-state index contributed by atoms with van der Waals surface area (Å²) >= 11 is 0. The minimum Gasteiger partial charge on any atom is -0.323 e. The van der Waals surface area contributed by atoms with Crippen LogP contribution in [0.4, 0.5) is 15.8 Å². The van der Waals surface area contributed by atoms with Crippen LogP contribution in [0.15, 0.2) is 36.4 Å². The van der Waals surface area contributed by atoms with E-state index in [2.05, 4.69) is 10.7 Å². The summed E-state index contributed by atoms with van der Waals surface area (Å²) in [5, 5.41) is 2.69. The van der Waals surface area contributed by atoms with E-state index in [9.17, 15) is 9.18 Å². The highest BCUT2D eigenvalue weighted by Gasteiger charge is 2.13. The van der Waals surface area contributed by atoms with Crippen LogP contribution in [-0.2, 0) is 0 Å². The number of hydrazine groups is 1. The molecular formula is C15H16FN3O. The third kappa shape index (κ3) is 2.95. The van der Waals surface area contributed by atoms with E-state index in [0.717, 1.165) is 11.1 Å². The molecular weight excluding hydrogens is 257 g/mol. The second-order valence-corrected chi connectivity index (χ2v) is 4.61. The lowest BCUT2D eigenvalue weighted by atomic mass is 10.1. The Labute approximate surface area is 116 Å². The average Bonchev–Trinajstić information content (AvgIpc) is 2.42. The first-order chi connectivity index (χ1) is 9.51. The summed E-state index contributed by atoms with van der Waals surface area (Å²) in [6, 6.07) is 9.55. The number of carbonyl (C=O) groups excluding carboxylic acids is 1. The summed E-state index contributed by atoms with van der Waals surface area (Å²) in [5.41, 5.74) is 5.58. The fraction of sp³-hybridized carbons (Fsp3) is 0.133. The fourth-order valence-corrected chi connectivity index (χ4v) is 1.89. The number of hydrogen-bond donors (Lipinski definition) is 3. The summed E-state index contributed by atoms with van der Waals surface area (Å²) in [5.74, 6) is 4.66. The van der Waals surface area contributed by atoms with Gasteiger partial charge in [0.15, 0.2) is 0 Å². The molecule has 104 valence electrons. The molecule has 0 atom stereocenters. The average molecular weight is 273 g/mol. The zero-order valence-corrected chi connectivity index (χ0v) is 11.3. The van der Waals surface area contributed by atoms with E-state index >= 15 is 0 Å². The van der Waals surface area contributed by atoms with E-state index in [0.29, 0.717) is 16.9 Å². The van der Waals surface area contributed by atoms with Crippen LogP contribution >= 0.6 is 0 Å². The molecule has 2 aromatic rings. The highest BCUT2D eigenvalue weighted by atomic mass is 19.1. The summed E-state index contributed by atoms with van der Waals surface area (Å²) in [6.07, 6.45) is 0. The van der Waals surface area contributed by atoms with E-state index in [1.165, 1.54) is 12.1 Å². The molecule has 0 aromatic heterocycles. The van der Waals surface area contributed by atoms with Gasteiger partial charge in [-0.25, -0.2) is 4.39 Å². The summed E-state index contributed by atoms with van der Waals surface area (Å²) < 4.78 is 13.2. The van der Waals surface area contributed by atoms with Crippen LogP contribution in [-0.4, -0.2) is 5.91 Å². The van der Waals surface area contributed by atoms with Gasteiger partial charge in [-0.1, -0.05) is 17.7 Å². The number of halogens is 1. The van der Waals surface area contributed by atoms with Crippen LogP contribution in [0.1, 0.15) is 21.5 Å². The number of aryl methyl sites for hydroxylation is 2. The van der Waals surface area contributed by atoms with E-state index in [1.54, 1.807) is 25.1 Å². The third-order valence-corrected chi connectivity index (χ3v) is 3.02. The van der Waals surface area contributed by atoms with Crippen molar-refractivity contribution in [3.05, 3.63) is 58.9 Å². The van der Waals surface area contributed by atoms with Crippen molar-refractivity contribution in [1.29, 1.82) is 0 Å². The van der Waals surface area contributed by atoms with Crippen molar-refractivity contribution in [2.24, 2.45) is 5.84 Å². The van der Waals surface area contributed by atoms with Crippen LogP contribution in [0.3, 0.4) is 0 Å². The van der Waals surface area contributed by atoms with Gasteiger partial charge in [-0.3, -0.25) is 10.6 Å². The molecule has 0 aliphatic carbocycles. The van der Waals surface area contributed by atoms with Crippen molar-refractivity contribution in [2.75, 3.05) is 10.7 Å². The molecule has 2 rings (SSSR count). The number of carbonyl (C=O) groups is 1. The minimum atomic E-state index is -0.396. The highest BCUT2D eigenvalue weighted by molar-refractivity contribution is 6.08. The minimum absolute atomic E-state index is 0.338. The predicted molar refractivity (Wildman–Crippen MR) is 78.1 cm³/mol. The number of nitrogens with two attached hydrogens (primary N) is 1. The van der Waals surface area contributed by atoms with Crippen LogP contribution in [0, 0.1) is 19.7 Å². The highest BCUT2D eigenvalue weighted by Crippen LogP contribution is 2.21. The van der Waals surface area contributed by atoms with Crippen molar-refractivity contribution in [3.8, 4) is 0 Å². The number of hydrogen-bond acceptors (Lipinski definition) is 3. The first-order valence-electron chi connectivity index (χ1n) is 6.16. The molecule has 4 N–H and O–H groups in total. The quantitative estimate of drug-likeness (QED) is 0.595. The SMILES string of the molecule is Cc1ccc(NN)c(C(=O)Nc2cc(F)ccc2C)c1. The molecule has 5 heteroatoms. The molecule has 0 aliphatic rings. The molecule has 1 amide bonds. The van der Waals surface area contributed by atoms with Gasteiger partial charge in [0.1, 0.15) is 5.82 Å². The molecule has 0 bridgehead atoms. The standard InChI is InChI=1S/C15H16FN3O/c1-9-3-6-13(19-17)12(7-9)15(20)18-14-8-11(16)5-4-10(14)2/h3-8,19H,17H2,1-2H3,(H,18,20). The lowest BCUT2D eigenvalue weighted by Gasteiger charge is -2.12. The third-order valence-electron chi connectivity index (χ3n) is 3.02. The van der Waals surface area contributed by atoms with Gasteiger partial charge in [0, 0.05) is 5.69 Å². The Morgan fingerprint density at radius 1 is 1.10 bits per heavy atom. The van der Waals surface area contributed by atoms with Crippen molar-refractivity contribution in [2.45, 2.75) is 13.8 Å². The Balaban J connectivity index is 2.32. The summed E-state index contributed by atoms with van der Waals surface area (Å²) in [4.78, 5) is 12.3. The molecule has 0 heterocycles. The molecule has 0 aliphatic heterocycles. The van der Waals surface area contributed by atoms with Crippen molar-refractivity contribution < 1.29 is 9.18 Å². The van der Waals surface area contributed by atoms with Crippen molar-refractivity contribution >= 4 is 17.3 Å². The molecule has 20 heavy (non-hydrogen) atoms. The van der Waals surface area contributed by atoms with E-state index in [1.807, 2.05) is 13.0 Å². The van der Waals surface area contributed by atoms with Gasteiger partial charge in [-0.05, 0) is 43.7 Å². The topological polar surface area (TPSA) is 67.1 Å². The number of rotatable bonds is 3. The number of nitrogen functional groups attached to an aromatic ring is 1. The molecule has 0 saturated carbocycles. The fourth-order valence-electron chi connectivity index (χ4n) is 1.89. The van der Waals surface area contributed by atoms with Crippen LogP contribution in [0.5, 0.6) is 0 Å². The second kappa shape index (κ2) is 5.71. The first kappa shape index (κ1) is 14.0. The van der Waals surface area contributed by atoms with E-state index in [-0.39, 0.29) is 5.91 Å². The van der Waals surface area contributed by atoms with Gasteiger partial charge in [0.2, 0.25) is 0 Å². The van der Waals surface area contributed by atoms with Crippen LogP contribution in [0.25, 0.3) is 0 Å². The lowest BCUT2D eigenvalue weighted by molar-refractivity contribution is 0.102. The maximum absolute atomic E-state index is 13.2. The Bertz CT molecular complexity index is 656. The van der Waals surface area contributed by atoms with Crippen LogP contribution in [0.2, 0.25) is 0 Å². The maximum Gasteiger partial charge on any atom is 0.257 e. The Hall–Kier alpha value is -2.40. The molecule has 0 saturated heterocycles. The normalized spacial score (nSPS) is 10.2. The zero-order valence-electron chi connectivity index (χ0n) is 11.3. The second-order valence-electron chi connectivity index (χ2n) is 4.61. The Kier molecular flexibility index (Phi) is 4.00. The summed E-state index contributed by atoms with van der Waals surface area (Å²) in [7, 11) is 0.